The van der Waals surface area contributed by atoms with Crippen molar-refractivity contribution in [3.8, 4) is 0 Å². The topological polar surface area (TPSA) is 66.4 Å². The van der Waals surface area contributed by atoms with Gasteiger partial charge in [0.1, 0.15) is 5.25 Å². The Balaban J connectivity index is 2.87. The van der Waals surface area contributed by atoms with Gasteiger partial charge in [-0.3, -0.25) is 9.59 Å². The van der Waals surface area contributed by atoms with Gasteiger partial charge in [0.2, 0.25) is 0 Å². The summed E-state index contributed by atoms with van der Waals surface area (Å²) in [6.07, 6.45) is 0.994. The van der Waals surface area contributed by atoms with Gasteiger partial charge in [0.15, 0.2) is 0 Å². The van der Waals surface area contributed by atoms with Crippen LogP contribution in [0.4, 0.5) is 0 Å². The Hall–Kier alpha value is -1.49. The number of carbonyl (C=O) groups excluding carboxylic acids is 1. The third-order valence-electron chi connectivity index (χ3n) is 3.64. The van der Waals surface area contributed by atoms with Crippen LogP contribution in [0.2, 0.25) is 0 Å². The molecule has 0 aliphatic rings. The zero-order valence-electron chi connectivity index (χ0n) is 12.9. The largest absolute Gasteiger partial charge is 0.480 e. The average molecular weight is 309 g/mol. The van der Waals surface area contributed by atoms with E-state index in [9.17, 15) is 9.59 Å². The van der Waals surface area contributed by atoms with Crippen molar-refractivity contribution in [1.82, 2.24) is 5.32 Å². The molecule has 1 aromatic carbocycles. The minimum absolute atomic E-state index is 0.0810. The predicted molar refractivity (Wildman–Crippen MR) is 85.8 cm³/mol. The second-order valence-corrected chi connectivity index (χ2v) is 6.62. The number of amides is 1. The first-order chi connectivity index (χ1) is 9.86. The number of carboxylic acids is 1. The zero-order valence-corrected chi connectivity index (χ0v) is 13.7. The SMILES string of the molecule is CCC(C)C(C)NC(=O)c1ccccc1SC(C)C(=O)O. The van der Waals surface area contributed by atoms with Gasteiger partial charge in [0.05, 0.1) is 5.56 Å². The number of thioether (sulfide) groups is 1. The number of benzene rings is 1. The summed E-state index contributed by atoms with van der Waals surface area (Å²) in [4.78, 5) is 24.0. The van der Waals surface area contributed by atoms with Crippen LogP contribution in [0.1, 0.15) is 44.5 Å². The van der Waals surface area contributed by atoms with E-state index in [0.717, 1.165) is 6.42 Å². The van der Waals surface area contributed by atoms with Gasteiger partial charge in [-0.2, -0.15) is 0 Å². The van der Waals surface area contributed by atoms with Crippen LogP contribution in [0.3, 0.4) is 0 Å². The van der Waals surface area contributed by atoms with Crippen molar-refractivity contribution in [1.29, 1.82) is 0 Å². The highest BCUT2D eigenvalue weighted by molar-refractivity contribution is 8.00. The predicted octanol–water partition coefficient (Wildman–Crippen LogP) is 3.42. The van der Waals surface area contributed by atoms with Crippen LogP contribution in [0.15, 0.2) is 29.2 Å². The Bertz CT molecular complexity index is 504. The molecule has 2 N–H and O–H groups in total. The first kappa shape index (κ1) is 17.6. The first-order valence-electron chi connectivity index (χ1n) is 7.16. The number of nitrogens with one attached hydrogen (secondary N) is 1. The molecule has 21 heavy (non-hydrogen) atoms. The van der Waals surface area contributed by atoms with Gasteiger partial charge < -0.3 is 10.4 Å². The van der Waals surface area contributed by atoms with Gasteiger partial charge in [-0.25, -0.2) is 0 Å². The standard InChI is InChI=1S/C16H23NO3S/c1-5-10(2)11(3)17-15(18)13-8-6-7-9-14(13)21-12(4)16(19)20/h6-12H,5H2,1-4H3,(H,17,18)(H,19,20). The number of hydrogen-bond acceptors (Lipinski definition) is 3. The normalized spacial score (nSPS) is 15.0. The number of carboxylic acid groups (broad SMARTS) is 1. The van der Waals surface area contributed by atoms with Crippen LogP contribution in [0.5, 0.6) is 0 Å². The summed E-state index contributed by atoms with van der Waals surface area (Å²) >= 11 is 1.19. The molecule has 116 valence electrons. The van der Waals surface area contributed by atoms with Gasteiger partial charge >= 0.3 is 5.97 Å². The van der Waals surface area contributed by atoms with Crippen molar-refractivity contribution in [3.63, 3.8) is 0 Å². The van der Waals surface area contributed by atoms with Crippen LogP contribution in [-0.4, -0.2) is 28.3 Å². The van der Waals surface area contributed by atoms with E-state index in [0.29, 0.717) is 16.4 Å². The molecule has 3 atom stereocenters. The van der Waals surface area contributed by atoms with Crippen molar-refractivity contribution in [2.75, 3.05) is 0 Å². The van der Waals surface area contributed by atoms with E-state index in [-0.39, 0.29) is 11.9 Å². The Morgan fingerprint density at radius 2 is 1.86 bits per heavy atom. The summed E-state index contributed by atoms with van der Waals surface area (Å²) in [5, 5.41) is 11.4. The molecule has 0 spiro atoms. The Labute approximate surface area is 130 Å². The molecule has 4 nitrogen and oxygen atoms in total. The summed E-state index contributed by atoms with van der Waals surface area (Å²) in [7, 11) is 0. The van der Waals surface area contributed by atoms with Crippen molar-refractivity contribution < 1.29 is 14.7 Å². The Morgan fingerprint density at radius 3 is 2.43 bits per heavy atom. The van der Waals surface area contributed by atoms with Crippen molar-refractivity contribution >= 4 is 23.6 Å². The number of hydrogen-bond donors (Lipinski definition) is 2. The smallest absolute Gasteiger partial charge is 0.316 e. The Kier molecular flexibility index (Phi) is 6.75. The lowest BCUT2D eigenvalue weighted by Gasteiger charge is -2.20. The monoisotopic (exact) mass is 309 g/mol. The molecule has 0 saturated heterocycles. The van der Waals surface area contributed by atoms with Gasteiger partial charge in [-0.1, -0.05) is 32.4 Å². The molecule has 0 radical (unpaired) electrons. The third-order valence-corrected chi connectivity index (χ3v) is 4.80. The lowest BCUT2D eigenvalue weighted by molar-refractivity contribution is -0.136. The maximum absolute atomic E-state index is 12.4. The van der Waals surface area contributed by atoms with Crippen molar-refractivity contribution in [2.24, 2.45) is 5.92 Å². The van der Waals surface area contributed by atoms with Gasteiger partial charge in [0, 0.05) is 10.9 Å². The molecule has 0 aliphatic carbocycles. The highest BCUT2D eigenvalue weighted by Crippen LogP contribution is 2.27. The molecule has 0 heterocycles. The Morgan fingerprint density at radius 1 is 1.24 bits per heavy atom. The zero-order chi connectivity index (χ0) is 16.0. The summed E-state index contributed by atoms with van der Waals surface area (Å²) in [5.74, 6) is -0.640. The second-order valence-electron chi connectivity index (χ2n) is 5.24. The molecule has 5 heteroatoms. The maximum Gasteiger partial charge on any atom is 0.316 e. The highest BCUT2D eigenvalue weighted by Gasteiger charge is 2.20. The molecule has 1 amide bonds. The number of aliphatic carboxylic acids is 1. The second kappa shape index (κ2) is 8.08. The number of rotatable bonds is 7. The van der Waals surface area contributed by atoms with E-state index < -0.39 is 11.2 Å². The summed E-state index contributed by atoms with van der Waals surface area (Å²) in [6.45, 7) is 7.79. The van der Waals surface area contributed by atoms with Crippen LogP contribution < -0.4 is 5.32 Å². The highest BCUT2D eigenvalue weighted by atomic mass is 32.2. The quantitative estimate of drug-likeness (QED) is 0.757. The molecule has 0 aromatic heterocycles. The average Bonchev–Trinajstić information content (AvgIpc) is 2.46. The van der Waals surface area contributed by atoms with Crippen LogP contribution in [-0.2, 0) is 4.79 Å². The number of carbonyl (C=O) groups is 2. The van der Waals surface area contributed by atoms with Crippen LogP contribution in [0.25, 0.3) is 0 Å². The minimum atomic E-state index is -0.886. The van der Waals surface area contributed by atoms with E-state index in [1.807, 2.05) is 13.0 Å². The first-order valence-corrected chi connectivity index (χ1v) is 8.04. The summed E-state index contributed by atoms with van der Waals surface area (Å²) in [5.41, 5.74) is 0.533. The van der Waals surface area contributed by atoms with Crippen LogP contribution in [0, 0.1) is 5.92 Å². The fraction of sp³-hybridized carbons (Fsp3) is 0.500. The van der Waals surface area contributed by atoms with E-state index in [1.54, 1.807) is 25.1 Å². The van der Waals surface area contributed by atoms with E-state index in [4.69, 9.17) is 5.11 Å². The van der Waals surface area contributed by atoms with Gasteiger partial charge in [-0.15, -0.1) is 11.8 Å². The van der Waals surface area contributed by atoms with Gasteiger partial charge in [-0.05, 0) is 31.9 Å². The molecule has 3 unspecified atom stereocenters. The van der Waals surface area contributed by atoms with E-state index in [2.05, 4.69) is 19.2 Å². The molecular weight excluding hydrogens is 286 g/mol. The molecule has 0 fully saturated rings. The van der Waals surface area contributed by atoms with Crippen molar-refractivity contribution in [3.05, 3.63) is 29.8 Å². The van der Waals surface area contributed by atoms with Crippen molar-refractivity contribution in [2.45, 2.75) is 50.3 Å². The molecule has 0 bridgehead atoms. The van der Waals surface area contributed by atoms with Gasteiger partial charge in [0.25, 0.3) is 5.91 Å². The maximum atomic E-state index is 12.4. The van der Waals surface area contributed by atoms with Crippen LogP contribution >= 0.6 is 11.8 Å². The molecule has 0 saturated carbocycles. The van der Waals surface area contributed by atoms with E-state index >= 15 is 0 Å². The third kappa shape index (κ3) is 5.08. The molecule has 1 rings (SSSR count). The minimum Gasteiger partial charge on any atom is -0.480 e. The summed E-state index contributed by atoms with van der Waals surface area (Å²) < 4.78 is 0. The lowest BCUT2D eigenvalue weighted by atomic mass is 10.0. The summed E-state index contributed by atoms with van der Waals surface area (Å²) in [6, 6.07) is 7.20. The molecule has 1 aromatic rings. The lowest BCUT2D eigenvalue weighted by Crippen LogP contribution is -2.37. The molecular formula is C16H23NO3S. The van der Waals surface area contributed by atoms with E-state index in [1.165, 1.54) is 11.8 Å². The molecule has 0 aliphatic heterocycles. The fourth-order valence-corrected chi connectivity index (χ4v) is 2.70. The fourth-order valence-electron chi connectivity index (χ4n) is 1.78.